The summed E-state index contributed by atoms with van der Waals surface area (Å²) in [6, 6.07) is 0. The number of unbranched alkanes of at least 4 members (excludes halogenated alkanes) is 9. The van der Waals surface area contributed by atoms with Crippen molar-refractivity contribution in [1.82, 2.24) is 10.2 Å². The van der Waals surface area contributed by atoms with Crippen molar-refractivity contribution in [3.63, 3.8) is 0 Å². The largest absolute Gasteiger partial charge is 0.296 e. The van der Waals surface area contributed by atoms with Gasteiger partial charge in [0, 0.05) is 17.5 Å². The van der Waals surface area contributed by atoms with Crippen molar-refractivity contribution >= 4 is 11.8 Å². The van der Waals surface area contributed by atoms with E-state index in [-0.39, 0.29) is 28.8 Å². The first-order valence-corrected chi connectivity index (χ1v) is 12.6. The summed E-state index contributed by atoms with van der Waals surface area (Å²) in [7, 11) is 2.20. The van der Waals surface area contributed by atoms with Crippen molar-refractivity contribution in [2.45, 2.75) is 136 Å². The molecule has 0 radical (unpaired) electrons. The standard InChI is InChI=1S/C26H48N2O2/c1-7-8-9-10-11-12-13-14-15-16-17-26(20-22(29)27-23(26)30)21-18-24(2,3)28(6)25(4,5)19-21/h21H,7-20H2,1-6H3,(H,27,29,30). The van der Waals surface area contributed by atoms with Gasteiger partial charge in [0.15, 0.2) is 0 Å². The second kappa shape index (κ2) is 10.6. The highest BCUT2D eigenvalue weighted by Crippen LogP contribution is 2.52. The molecule has 2 fully saturated rings. The molecule has 0 aliphatic carbocycles. The fraction of sp³-hybridized carbons (Fsp3) is 0.923. The molecule has 30 heavy (non-hydrogen) atoms. The Morgan fingerprint density at radius 2 is 1.30 bits per heavy atom. The van der Waals surface area contributed by atoms with Gasteiger partial charge in [-0.1, -0.05) is 71.1 Å². The van der Waals surface area contributed by atoms with Crippen LogP contribution in [0.3, 0.4) is 0 Å². The molecule has 0 saturated carbocycles. The molecule has 4 nitrogen and oxygen atoms in total. The fourth-order valence-corrected chi connectivity index (χ4v) is 6.09. The molecule has 2 rings (SSSR count). The van der Waals surface area contributed by atoms with E-state index in [2.05, 4.69) is 51.9 Å². The van der Waals surface area contributed by atoms with Crippen molar-refractivity contribution in [3.8, 4) is 0 Å². The highest BCUT2D eigenvalue weighted by atomic mass is 16.2. The zero-order chi connectivity index (χ0) is 22.4. The smallest absolute Gasteiger partial charge is 0.233 e. The number of carbonyl (C=O) groups is 2. The molecule has 0 spiro atoms. The Morgan fingerprint density at radius 3 is 1.73 bits per heavy atom. The van der Waals surface area contributed by atoms with Crippen LogP contribution in [-0.2, 0) is 9.59 Å². The molecular weight excluding hydrogens is 372 g/mol. The molecule has 0 aromatic heterocycles. The molecular formula is C26H48N2O2. The van der Waals surface area contributed by atoms with Crippen molar-refractivity contribution in [1.29, 1.82) is 0 Å². The zero-order valence-electron chi connectivity index (χ0n) is 20.7. The maximum Gasteiger partial charge on any atom is 0.233 e. The van der Waals surface area contributed by atoms with Crippen LogP contribution in [0.5, 0.6) is 0 Å². The van der Waals surface area contributed by atoms with Gasteiger partial charge in [0.05, 0.1) is 5.41 Å². The van der Waals surface area contributed by atoms with Crippen LogP contribution in [0, 0.1) is 11.3 Å². The average molecular weight is 421 g/mol. The van der Waals surface area contributed by atoms with Gasteiger partial charge >= 0.3 is 0 Å². The maximum atomic E-state index is 13.1. The summed E-state index contributed by atoms with van der Waals surface area (Å²) in [4.78, 5) is 27.8. The maximum absolute atomic E-state index is 13.1. The molecule has 1 unspecified atom stereocenters. The minimum atomic E-state index is -0.493. The SMILES string of the molecule is CCCCCCCCCCCCC1(C2CC(C)(C)N(C)C(C)(C)C2)CC(=O)NC1=O. The van der Waals surface area contributed by atoms with E-state index in [1.54, 1.807) is 0 Å². The Hall–Kier alpha value is -0.900. The summed E-state index contributed by atoms with van der Waals surface area (Å²) < 4.78 is 0. The molecule has 0 aromatic carbocycles. The highest BCUT2D eigenvalue weighted by molar-refractivity contribution is 6.06. The van der Waals surface area contributed by atoms with Crippen LogP contribution in [0.4, 0.5) is 0 Å². The second-order valence-electron chi connectivity index (χ2n) is 11.4. The molecule has 1 atom stereocenters. The molecule has 2 amide bonds. The van der Waals surface area contributed by atoms with E-state index in [1.807, 2.05) is 0 Å². The summed E-state index contributed by atoms with van der Waals surface area (Å²) in [5.41, 5.74) is -0.431. The molecule has 2 heterocycles. The quantitative estimate of drug-likeness (QED) is 0.301. The number of hydrogen-bond donors (Lipinski definition) is 1. The molecule has 2 aliphatic rings. The predicted molar refractivity (Wildman–Crippen MR) is 125 cm³/mol. The Morgan fingerprint density at radius 1 is 0.833 bits per heavy atom. The first kappa shape index (κ1) is 25.4. The van der Waals surface area contributed by atoms with Gasteiger partial charge in [-0.05, 0) is 59.9 Å². The number of nitrogens with one attached hydrogen (secondary N) is 1. The number of piperidine rings is 1. The Balaban J connectivity index is 1.90. The summed E-state index contributed by atoms with van der Waals surface area (Å²) in [5, 5.41) is 2.66. The first-order valence-electron chi connectivity index (χ1n) is 12.6. The van der Waals surface area contributed by atoms with E-state index in [0.29, 0.717) is 6.42 Å². The number of amides is 2. The van der Waals surface area contributed by atoms with Gasteiger partial charge in [0.2, 0.25) is 11.8 Å². The Bertz CT molecular complexity index is 566. The van der Waals surface area contributed by atoms with Crippen LogP contribution < -0.4 is 5.32 Å². The van der Waals surface area contributed by atoms with Gasteiger partial charge in [-0.15, -0.1) is 0 Å². The van der Waals surface area contributed by atoms with Crippen LogP contribution in [0.1, 0.15) is 125 Å². The fourth-order valence-electron chi connectivity index (χ4n) is 6.09. The highest BCUT2D eigenvalue weighted by Gasteiger charge is 2.56. The monoisotopic (exact) mass is 420 g/mol. The van der Waals surface area contributed by atoms with Crippen LogP contribution in [-0.4, -0.2) is 34.8 Å². The molecule has 174 valence electrons. The van der Waals surface area contributed by atoms with E-state index >= 15 is 0 Å². The molecule has 0 aromatic rings. The number of rotatable bonds is 12. The van der Waals surface area contributed by atoms with Gasteiger partial charge < -0.3 is 0 Å². The summed E-state index contributed by atoms with van der Waals surface area (Å²) in [5.74, 6) is 0.204. The van der Waals surface area contributed by atoms with E-state index in [4.69, 9.17) is 0 Å². The van der Waals surface area contributed by atoms with Crippen molar-refractivity contribution in [2.75, 3.05) is 7.05 Å². The van der Waals surface area contributed by atoms with E-state index in [9.17, 15) is 9.59 Å². The van der Waals surface area contributed by atoms with Gasteiger partial charge in [-0.2, -0.15) is 0 Å². The van der Waals surface area contributed by atoms with E-state index in [1.165, 1.54) is 57.8 Å². The van der Waals surface area contributed by atoms with E-state index < -0.39 is 5.41 Å². The molecule has 2 saturated heterocycles. The Labute approximate surface area is 185 Å². The number of hydrogen-bond acceptors (Lipinski definition) is 3. The lowest BCUT2D eigenvalue weighted by Gasteiger charge is -2.56. The number of imide groups is 1. The zero-order valence-corrected chi connectivity index (χ0v) is 20.7. The number of nitrogens with zero attached hydrogens (tertiary/aromatic N) is 1. The topological polar surface area (TPSA) is 49.4 Å². The molecule has 4 heteroatoms. The Kier molecular flexibility index (Phi) is 8.97. The van der Waals surface area contributed by atoms with Crippen LogP contribution >= 0.6 is 0 Å². The van der Waals surface area contributed by atoms with Crippen LogP contribution in [0.25, 0.3) is 0 Å². The summed E-state index contributed by atoms with van der Waals surface area (Å²) >= 11 is 0. The van der Waals surface area contributed by atoms with Gasteiger partial charge in [0.25, 0.3) is 0 Å². The third kappa shape index (κ3) is 6.08. The predicted octanol–water partition coefficient (Wildman–Crippen LogP) is 6.23. The lowest BCUT2D eigenvalue weighted by molar-refractivity contribution is -0.137. The lowest BCUT2D eigenvalue weighted by atomic mass is 9.60. The van der Waals surface area contributed by atoms with Crippen molar-refractivity contribution < 1.29 is 9.59 Å². The molecule has 0 bridgehead atoms. The number of carbonyl (C=O) groups excluding carboxylic acids is 2. The summed E-state index contributed by atoms with van der Waals surface area (Å²) in [6.07, 6.45) is 16.1. The van der Waals surface area contributed by atoms with Crippen molar-refractivity contribution in [3.05, 3.63) is 0 Å². The van der Waals surface area contributed by atoms with Crippen molar-refractivity contribution in [2.24, 2.45) is 11.3 Å². The van der Waals surface area contributed by atoms with Crippen LogP contribution in [0.2, 0.25) is 0 Å². The van der Waals surface area contributed by atoms with Gasteiger partial charge in [-0.3, -0.25) is 19.8 Å². The minimum Gasteiger partial charge on any atom is -0.296 e. The minimum absolute atomic E-state index is 0.00424. The molecule has 2 aliphatic heterocycles. The second-order valence-corrected chi connectivity index (χ2v) is 11.4. The third-order valence-corrected chi connectivity index (χ3v) is 8.25. The normalized spacial score (nSPS) is 26.9. The average Bonchev–Trinajstić information content (AvgIpc) is 2.95. The molecule has 1 N–H and O–H groups in total. The van der Waals surface area contributed by atoms with Gasteiger partial charge in [-0.25, -0.2) is 0 Å². The third-order valence-electron chi connectivity index (χ3n) is 8.25. The lowest BCUT2D eigenvalue weighted by Crippen LogP contribution is -2.61. The van der Waals surface area contributed by atoms with E-state index in [0.717, 1.165) is 25.7 Å². The first-order chi connectivity index (χ1) is 14.0. The van der Waals surface area contributed by atoms with Gasteiger partial charge in [0.1, 0.15) is 0 Å². The summed E-state index contributed by atoms with van der Waals surface area (Å²) in [6.45, 7) is 11.4. The van der Waals surface area contributed by atoms with Crippen LogP contribution in [0.15, 0.2) is 0 Å². The number of likely N-dealkylation sites (tertiary alicyclic amines) is 1.